The van der Waals surface area contributed by atoms with Crippen LogP contribution in [0.2, 0.25) is 0 Å². The summed E-state index contributed by atoms with van der Waals surface area (Å²) in [4.78, 5) is 30.0. The zero-order valence-electron chi connectivity index (χ0n) is 14.7. The molecule has 1 aliphatic rings. The van der Waals surface area contributed by atoms with Gasteiger partial charge in [-0.15, -0.1) is 0 Å². The van der Waals surface area contributed by atoms with Crippen LogP contribution in [0.5, 0.6) is 0 Å². The largest absolute Gasteiger partial charge is 0.353 e. The van der Waals surface area contributed by atoms with Gasteiger partial charge in [-0.3, -0.25) is 0 Å². The Kier molecular flexibility index (Phi) is 3.86. The van der Waals surface area contributed by atoms with Crippen LogP contribution in [-0.4, -0.2) is 56.1 Å². The first-order valence-electron chi connectivity index (χ1n) is 8.90. The summed E-state index contributed by atoms with van der Waals surface area (Å²) in [5.74, 6) is 1.77. The molecule has 1 fully saturated rings. The molecule has 0 spiro atoms. The van der Waals surface area contributed by atoms with Crippen molar-refractivity contribution in [2.24, 2.45) is 0 Å². The Morgan fingerprint density at radius 1 is 0.815 bits per heavy atom. The van der Waals surface area contributed by atoms with Crippen molar-refractivity contribution in [2.75, 3.05) is 36.0 Å². The van der Waals surface area contributed by atoms with Crippen molar-refractivity contribution in [3.63, 3.8) is 0 Å². The molecule has 0 atom stereocenters. The monoisotopic (exact) mass is 358 g/mol. The summed E-state index contributed by atoms with van der Waals surface area (Å²) in [6, 6.07) is 7.91. The van der Waals surface area contributed by atoms with E-state index in [1.807, 2.05) is 49.1 Å². The number of rotatable bonds is 3. The summed E-state index contributed by atoms with van der Waals surface area (Å²) < 4.78 is 0. The lowest BCUT2D eigenvalue weighted by molar-refractivity contribution is 0.634. The first kappa shape index (κ1) is 15.7. The molecule has 0 aromatic carbocycles. The maximum absolute atomic E-state index is 4.59. The Labute approximate surface area is 156 Å². The van der Waals surface area contributed by atoms with Crippen molar-refractivity contribution in [1.29, 1.82) is 0 Å². The SMILES string of the molecule is c1ccc(N2CCN(c3ncc(-c4cnc5[nH]ccc5n4)cn3)CC2)nc1. The average molecular weight is 358 g/mol. The molecule has 4 aromatic rings. The van der Waals surface area contributed by atoms with Gasteiger partial charge in [0.2, 0.25) is 5.95 Å². The smallest absolute Gasteiger partial charge is 0.225 e. The molecule has 8 heteroatoms. The van der Waals surface area contributed by atoms with Gasteiger partial charge in [-0.05, 0) is 18.2 Å². The van der Waals surface area contributed by atoms with E-state index < -0.39 is 0 Å². The molecule has 0 aliphatic carbocycles. The summed E-state index contributed by atoms with van der Waals surface area (Å²) in [6.07, 6.45) is 9.03. The second kappa shape index (κ2) is 6.64. The van der Waals surface area contributed by atoms with Crippen molar-refractivity contribution in [3.05, 3.63) is 55.2 Å². The van der Waals surface area contributed by atoms with Crippen molar-refractivity contribution >= 4 is 22.9 Å². The average Bonchev–Trinajstić information content (AvgIpc) is 3.23. The topological polar surface area (TPSA) is 86.7 Å². The van der Waals surface area contributed by atoms with E-state index in [4.69, 9.17) is 0 Å². The van der Waals surface area contributed by atoms with Crippen LogP contribution < -0.4 is 9.80 Å². The molecule has 0 bridgehead atoms. The molecule has 0 unspecified atom stereocenters. The highest BCUT2D eigenvalue weighted by molar-refractivity contribution is 5.73. The summed E-state index contributed by atoms with van der Waals surface area (Å²) >= 11 is 0. The lowest BCUT2D eigenvalue weighted by Gasteiger charge is -2.35. The molecule has 4 aromatic heterocycles. The van der Waals surface area contributed by atoms with Gasteiger partial charge in [-0.25, -0.2) is 24.9 Å². The predicted octanol–water partition coefficient (Wildman–Crippen LogP) is 2.14. The van der Waals surface area contributed by atoms with Crippen LogP contribution in [0.3, 0.4) is 0 Å². The molecular formula is C19H18N8. The van der Waals surface area contributed by atoms with Gasteiger partial charge in [-0.2, -0.15) is 0 Å². The van der Waals surface area contributed by atoms with Gasteiger partial charge in [0.05, 0.1) is 11.9 Å². The molecule has 1 aliphatic heterocycles. The number of aromatic amines is 1. The third-order valence-corrected chi connectivity index (χ3v) is 4.73. The van der Waals surface area contributed by atoms with E-state index in [9.17, 15) is 0 Å². The molecule has 1 saturated heterocycles. The van der Waals surface area contributed by atoms with E-state index in [2.05, 4.69) is 39.7 Å². The molecule has 1 N–H and O–H groups in total. The number of aromatic nitrogens is 6. The Morgan fingerprint density at radius 3 is 2.41 bits per heavy atom. The van der Waals surface area contributed by atoms with Gasteiger partial charge in [0.1, 0.15) is 11.3 Å². The highest BCUT2D eigenvalue weighted by Gasteiger charge is 2.19. The van der Waals surface area contributed by atoms with Gasteiger partial charge >= 0.3 is 0 Å². The molecule has 5 rings (SSSR count). The lowest BCUT2D eigenvalue weighted by Crippen LogP contribution is -2.47. The Morgan fingerprint density at radius 2 is 1.63 bits per heavy atom. The summed E-state index contributed by atoms with van der Waals surface area (Å²) in [5.41, 5.74) is 3.25. The minimum absolute atomic E-state index is 0.745. The van der Waals surface area contributed by atoms with Crippen LogP contribution in [0.4, 0.5) is 11.8 Å². The number of hydrogen-bond donors (Lipinski definition) is 1. The summed E-state index contributed by atoms with van der Waals surface area (Å²) in [6.45, 7) is 3.53. The quantitative estimate of drug-likeness (QED) is 0.600. The van der Waals surface area contributed by atoms with Crippen LogP contribution in [-0.2, 0) is 0 Å². The first-order chi connectivity index (χ1) is 13.4. The lowest BCUT2D eigenvalue weighted by atomic mass is 10.2. The molecule has 0 saturated carbocycles. The minimum atomic E-state index is 0.745. The third kappa shape index (κ3) is 3.05. The first-order valence-corrected chi connectivity index (χ1v) is 8.90. The third-order valence-electron chi connectivity index (χ3n) is 4.73. The molecule has 0 amide bonds. The molecule has 5 heterocycles. The Hall–Kier alpha value is -3.55. The second-order valence-electron chi connectivity index (χ2n) is 6.40. The van der Waals surface area contributed by atoms with Crippen LogP contribution in [0, 0.1) is 0 Å². The summed E-state index contributed by atoms with van der Waals surface area (Å²) in [5, 5.41) is 0. The van der Waals surface area contributed by atoms with Crippen LogP contribution >= 0.6 is 0 Å². The normalized spacial score (nSPS) is 14.7. The van der Waals surface area contributed by atoms with Crippen molar-refractivity contribution < 1.29 is 0 Å². The second-order valence-corrected chi connectivity index (χ2v) is 6.40. The molecule has 0 radical (unpaired) electrons. The molecule has 8 nitrogen and oxygen atoms in total. The van der Waals surface area contributed by atoms with Gasteiger partial charge in [0.25, 0.3) is 0 Å². The highest BCUT2D eigenvalue weighted by atomic mass is 15.3. The molecule has 27 heavy (non-hydrogen) atoms. The van der Waals surface area contributed by atoms with E-state index in [1.165, 1.54) is 0 Å². The number of nitrogens with one attached hydrogen (secondary N) is 1. The van der Waals surface area contributed by atoms with Gasteiger partial charge in [0, 0.05) is 56.5 Å². The van der Waals surface area contributed by atoms with Crippen molar-refractivity contribution in [3.8, 4) is 11.3 Å². The predicted molar refractivity (Wildman–Crippen MR) is 104 cm³/mol. The van der Waals surface area contributed by atoms with E-state index in [-0.39, 0.29) is 0 Å². The minimum Gasteiger partial charge on any atom is -0.353 e. The Balaban J connectivity index is 1.29. The number of nitrogens with zero attached hydrogens (tertiary/aromatic N) is 7. The number of hydrogen-bond acceptors (Lipinski definition) is 7. The number of H-pyrrole nitrogens is 1. The Bertz CT molecular complexity index is 1040. The van der Waals surface area contributed by atoms with Gasteiger partial charge in [-0.1, -0.05) is 6.07 Å². The maximum Gasteiger partial charge on any atom is 0.225 e. The van der Waals surface area contributed by atoms with Crippen molar-refractivity contribution in [1.82, 2.24) is 29.9 Å². The number of anilines is 2. The number of fused-ring (bicyclic) bond motifs is 1. The van der Waals surface area contributed by atoms with E-state index in [0.717, 1.165) is 60.4 Å². The highest BCUT2D eigenvalue weighted by Crippen LogP contribution is 2.20. The van der Waals surface area contributed by atoms with Gasteiger partial charge < -0.3 is 14.8 Å². The zero-order valence-corrected chi connectivity index (χ0v) is 14.7. The van der Waals surface area contributed by atoms with Crippen molar-refractivity contribution in [2.45, 2.75) is 0 Å². The number of piperazine rings is 1. The molecular weight excluding hydrogens is 340 g/mol. The fraction of sp³-hybridized carbons (Fsp3) is 0.211. The van der Waals surface area contributed by atoms with E-state index in [0.29, 0.717) is 0 Å². The van der Waals surface area contributed by atoms with Crippen LogP contribution in [0.25, 0.3) is 22.4 Å². The van der Waals surface area contributed by atoms with E-state index in [1.54, 1.807) is 6.20 Å². The number of pyridine rings is 1. The van der Waals surface area contributed by atoms with E-state index >= 15 is 0 Å². The van der Waals surface area contributed by atoms with Gasteiger partial charge in [0.15, 0.2) is 5.65 Å². The van der Waals surface area contributed by atoms with Crippen LogP contribution in [0.15, 0.2) is 55.2 Å². The zero-order chi connectivity index (χ0) is 18.1. The summed E-state index contributed by atoms with van der Waals surface area (Å²) in [7, 11) is 0. The standard InChI is InChI=1S/C19H18N8/c1-2-5-20-17(3-1)26-7-9-27(10-8-26)19-23-11-14(12-24-19)16-13-22-18-15(25-16)4-6-21-18/h1-6,11-13H,7-10H2,(H,21,22). The maximum atomic E-state index is 4.59. The fourth-order valence-corrected chi connectivity index (χ4v) is 3.26. The fourth-order valence-electron chi connectivity index (χ4n) is 3.26. The van der Waals surface area contributed by atoms with Crippen LogP contribution in [0.1, 0.15) is 0 Å². The molecule has 134 valence electrons.